The van der Waals surface area contributed by atoms with E-state index >= 15 is 0 Å². The Labute approximate surface area is 152 Å². The molecule has 0 bridgehead atoms. The zero-order valence-electron chi connectivity index (χ0n) is 15.4. The molecule has 26 heavy (non-hydrogen) atoms. The van der Waals surface area contributed by atoms with E-state index in [2.05, 4.69) is 52.0 Å². The lowest BCUT2D eigenvalue weighted by molar-refractivity contribution is 0.468. The van der Waals surface area contributed by atoms with Crippen LogP contribution in [0.5, 0.6) is 11.6 Å². The summed E-state index contributed by atoms with van der Waals surface area (Å²) in [6.07, 6.45) is 1.97. The third-order valence-corrected chi connectivity index (χ3v) is 5.14. The predicted molar refractivity (Wildman–Crippen MR) is 106 cm³/mol. The van der Waals surface area contributed by atoms with E-state index in [1.54, 1.807) is 0 Å². The van der Waals surface area contributed by atoms with Gasteiger partial charge in [-0.1, -0.05) is 45.0 Å². The highest BCUT2D eigenvalue weighted by Gasteiger charge is 2.27. The van der Waals surface area contributed by atoms with Crippen LogP contribution in [0.2, 0.25) is 0 Å². The first-order valence-electron chi connectivity index (χ1n) is 8.94. The standard InChI is InChI=1S/C23H20N2O/c1-13-12-24-21-15-11-14-7-5-6-8-17(14)25-22(15)26-18-10-9-16(23(2,3)4)19(13)20(18)21/h5-12H,1-4H3. The Bertz CT molecular complexity index is 1200. The molecule has 0 N–H and O–H groups in total. The maximum Gasteiger partial charge on any atom is 0.229 e. The molecule has 0 atom stereocenters. The highest BCUT2D eigenvalue weighted by Crippen LogP contribution is 2.48. The van der Waals surface area contributed by atoms with Gasteiger partial charge in [0, 0.05) is 11.6 Å². The van der Waals surface area contributed by atoms with Crippen molar-refractivity contribution in [1.82, 2.24) is 9.97 Å². The largest absolute Gasteiger partial charge is 0.438 e. The van der Waals surface area contributed by atoms with Crippen LogP contribution in [0.4, 0.5) is 0 Å². The highest BCUT2D eigenvalue weighted by atomic mass is 16.5. The van der Waals surface area contributed by atoms with E-state index in [0.29, 0.717) is 5.88 Å². The van der Waals surface area contributed by atoms with Gasteiger partial charge >= 0.3 is 0 Å². The van der Waals surface area contributed by atoms with E-state index in [9.17, 15) is 0 Å². The summed E-state index contributed by atoms with van der Waals surface area (Å²) >= 11 is 0. The summed E-state index contributed by atoms with van der Waals surface area (Å²) in [5, 5.41) is 3.45. The molecule has 5 rings (SSSR count). The zero-order valence-corrected chi connectivity index (χ0v) is 15.4. The van der Waals surface area contributed by atoms with Crippen molar-refractivity contribution in [3.05, 3.63) is 59.8 Å². The van der Waals surface area contributed by atoms with Crippen LogP contribution in [0.3, 0.4) is 0 Å². The fourth-order valence-electron chi connectivity index (χ4n) is 3.88. The number of aryl methyl sites for hydroxylation is 1. The van der Waals surface area contributed by atoms with Gasteiger partial charge in [0.1, 0.15) is 5.75 Å². The summed E-state index contributed by atoms with van der Waals surface area (Å²) in [6.45, 7) is 8.86. The number of ether oxygens (including phenoxy) is 1. The molecule has 4 aromatic rings. The van der Waals surface area contributed by atoms with Gasteiger partial charge in [0.15, 0.2) is 0 Å². The molecule has 1 aliphatic heterocycles. The first-order chi connectivity index (χ1) is 12.4. The number of aromatic nitrogens is 2. The van der Waals surface area contributed by atoms with Crippen molar-refractivity contribution in [1.29, 1.82) is 0 Å². The number of hydrogen-bond acceptors (Lipinski definition) is 3. The monoisotopic (exact) mass is 340 g/mol. The van der Waals surface area contributed by atoms with E-state index in [1.165, 1.54) is 16.5 Å². The summed E-state index contributed by atoms with van der Waals surface area (Å²) in [6, 6.07) is 14.5. The van der Waals surface area contributed by atoms with Crippen molar-refractivity contribution in [2.24, 2.45) is 0 Å². The van der Waals surface area contributed by atoms with Gasteiger partial charge in [0.05, 0.1) is 22.2 Å². The van der Waals surface area contributed by atoms with Crippen molar-refractivity contribution in [2.45, 2.75) is 33.1 Å². The van der Waals surface area contributed by atoms with E-state index in [0.717, 1.165) is 33.3 Å². The molecule has 0 aliphatic carbocycles. The van der Waals surface area contributed by atoms with E-state index in [4.69, 9.17) is 14.7 Å². The summed E-state index contributed by atoms with van der Waals surface area (Å²) in [7, 11) is 0. The molecular weight excluding hydrogens is 320 g/mol. The number of rotatable bonds is 0. The average Bonchev–Trinajstić information content (AvgIpc) is 2.61. The van der Waals surface area contributed by atoms with Crippen LogP contribution in [-0.4, -0.2) is 9.97 Å². The molecule has 128 valence electrons. The number of para-hydroxylation sites is 1. The molecule has 2 aromatic carbocycles. The predicted octanol–water partition coefficient (Wildman–Crippen LogP) is 6.16. The SMILES string of the molecule is Cc1cnc2c3c(ccc(C(C)(C)C)c13)Oc1nc3ccccc3cc1-2. The minimum atomic E-state index is 0.0455. The summed E-state index contributed by atoms with van der Waals surface area (Å²) in [5.41, 5.74) is 5.40. The van der Waals surface area contributed by atoms with Gasteiger partial charge in [-0.2, -0.15) is 0 Å². The van der Waals surface area contributed by atoms with Gasteiger partial charge in [-0.25, -0.2) is 4.98 Å². The minimum Gasteiger partial charge on any atom is -0.438 e. The lowest BCUT2D eigenvalue weighted by Crippen LogP contribution is -2.13. The Morgan fingerprint density at radius 3 is 2.58 bits per heavy atom. The summed E-state index contributed by atoms with van der Waals surface area (Å²) < 4.78 is 6.23. The van der Waals surface area contributed by atoms with Crippen LogP contribution in [0.15, 0.2) is 48.7 Å². The fraction of sp³-hybridized carbons (Fsp3) is 0.217. The van der Waals surface area contributed by atoms with Gasteiger partial charge < -0.3 is 4.74 Å². The number of benzene rings is 2. The third kappa shape index (κ3) is 2.07. The third-order valence-electron chi connectivity index (χ3n) is 5.14. The lowest BCUT2D eigenvalue weighted by Gasteiger charge is -2.27. The van der Waals surface area contributed by atoms with Crippen molar-refractivity contribution in [3.63, 3.8) is 0 Å². The highest BCUT2D eigenvalue weighted by molar-refractivity contribution is 6.06. The summed E-state index contributed by atoms with van der Waals surface area (Å²) in [5.74, 6) is 1.48. The summed E-state index contributed by atoms with van der Waals surface area (Å²) in [4.78, 5) is 9.52. The molecule has 0 unspecified atom stereocenters. The van der Waals surface area contributed by atoms with Crippen LogP contribution in [-0.2, 0) is 5.41 Å². The smallest absolute Gasteiger partial charge is 0.229 e. The van der Waals surface area contributed by atoms with Crippen LogP contribution in [0, 0.1) is 6.92 Å². The van der Waals surface area contributed by atoms with Crippen molar-refractivity contribution < 1.29 is 4.74 Å². The van der Waals surface area contributed by atoms with Crippen LogP contribution >= 0.6 is 0 Å². The molecule has 0 saturated heterocycles. The van der Waals surface area contributed by atoms with Crippen molar-refractivity contribution >= 4 is 21.7 Å². The molecule has 3 heteroatoms. The first kappa shape index (κ1) is 15.3. The van der Waals surface area contributed by atoms with Crippen LogP contribution < -0.4 is 4.74 Å². The quantitative estimate of drug-likeness (QED) is 0.338. The van der Waals surface area contributed by atoms with E-state index < -0.39 is 0 Å². The molecule has 0 radical (unpaired) electrons. The Balaban J connectivity index is 1.92. The van der Waals surface area contributed by atoms with Crippen molar-refractivity contribution in [2.75, 3.05) is 0 Å². The zero-order chi connectivity index (χ0) is 18.1. The molecule has 0 fully saturated rings. The molecule has 0 saturated carbocycles. The molecule has 3 nitrogen and oxygen atoms in total. The topological polar surface area (TPSA) is 35.0 Å². The minimum absolute atomic E-state index is 0.0455. The van der Waals surface area contributed by atoms with Crippen LogP contribution in [0.1, 0.15) is 31.9 Å². The first-order valence-corrected chi connectivity index (χ1v) is 8.94. The maximum atomic E-state index is 6.23. The van der Waals surface area contributed by atoms with Gasteiger partial charge in [0.25, 0.3) is 0 Å². The molecule has 0 amide bonds. The molecular formula is C23H20N2O. The van der Waals surface area contributed by atoms with E-state index in [-0.39, 0.29) is 5.41 Å². The normalized spacial score (nSPS) is 12.9. The molecule has 3 heterocycles. The van der Waals surface area contributed by atoms with E-state index in [1.807, 2.05) is 24.4 Å². The Morgan fingerprint density at radius 2 is 1.77 bits per heavy atom. The number of fused-ring (bicyclic) bond motifs is 3. The molecule has 1 aliphatic rings. The number of nitrogens with zero attached hydrogens (tertiary/aromatic N) is 2. The lowest BCUT2D eigenvalue weighted by atomic mass is 9.81. The number of hydrogen-bond donors (Lipinski definition) is 0. The van der Waals surface area contributed by atoms with Crippen LogP contribution in [0.25, 0.3) is 32.9 Å². The van der Waals surface area contributed by atoms with Gasteiger partial charge in [-0.15, -0.1) is 0 Å². The second-order valence-electron chi connectivity index (χ2n) is 8.04. The Kier molecular flexibility index (Phi) is 2.97. The van der Waals surface area contributed by atoms with Gasteiger partial charge in [0.2, 0.25) is 5.88 Å². The van der Waals surface area contributed by atoms with Crippen molar-refractivity contribution in [3.8, 4) is 22.9 Å². The van der Waals surface area contributed by atoms with Gasteiger partial charge in [-0.3, -0.25) is 4.98 Å². The molecule has 2 aromatic heterocycles. The average molecular weight is 340 g/mol. The second-order valence-corrected chi connectivity index (χ2v) is 8.04. The molecule has 0 spiro atoms. The van der Waals surface area contributed by atoms with Gasteiger partial charge in [-0.05, 0) is 47.1 Å². The number of pyridine rings is 2. The Hall–Kier alpha value is -2.94. The second kappa shape index (κ2) is 5.04. The maximum absolute atomic E-state index is 6.23. The fourth-order valence-corrected chi connectivity index (χ4v) is 3.88. The Morgan fingerprint density at radius 1 is 0.962 bits per heavy atom.